The first-order valence-corrected chi connectivity index (χ1v) is 4.97. The lowest BCUT2D eigenvalue weighted by atomic mass is 10.2. The van der Waals surface area contributed by atoms with Crippen LogP contribution in [0.1, 0.15) is 12.0 Å². The van der Waals surface area contributed by atoms with Crippen molar-refractivity contribution in [1.29, 1.82) is 0 Å². The molecule has 0 saturated heterocycles. The second-order valence-corrected chi connectivity index (χ2v) is 3.13. The van der Waals surface area contributed by atoms with Gasteiger partial charge in [-0.3, -0.25) is 9.79 Å². The highest BCUT2D eigenvalue weighted by Gasteiger charge is 1.96. The highest BCUT2D eigenvalue weighted by atomic mass is 16.5. The molecule has 86 valence electrons. The third-order valence-electron chi connectivity index (χ3n) is 2.03. The molecule has 4 nitrogen and oxygen atoms in total. The Morgan fingerprint density at radius 3 is 2.56 bits per heavy atom. The summed E-state index contributed by atoms with van der Waals surface area (Å²) in [5.74, 6) is 0.568. The SMILES string of the molecule is COC(=O)CCN=Cc1ccc(OC)cc1. The fourth-order valence-corrected chi connectivity index (χ4v) is 1.12. The van der Waals surface area contributed by atoms with E-state index < -0.39 is 0 Å². The third kappa shape index (κ3) is 4.13. The van der Waals surface area contributed by atoms with Gasteiger partial charge in [0, 0.05) is 12.8 Å². The van der Waals surface area contributed by atoms with E-state index >= 15 is 0 Å². The molecule has 0 radical (unpaired) electrons. The minimum atomic E-state index is -0.244. The normalized spacial score (nSPS) is 10.4. The highest BCUT2D eigenvalue weighted by Crippen LogP contribution is 2.09. The molecule has 0 heterocycles. The maximum absolute atomic E-state index is 10.8. The number of carbonyl (C=O) groups excluding carboxylic acids is 1. The summed E-state index contributed by atoms with van der Waals surface area (Å²) in [6.45, 7) is 0.443. The Bertz CT molecular complexity index is 357. The second-order valence-electron chi connectivity index (χ2n) is 3.13. The first-order valence-electron chi connectivity index (χ1n) is 4.97. The van der Waals surface area contributed by atoms with Crippen molar-refractivity contribution in [3.05, 3.63) is 29.8 Å². The molecule has 0 aliphatic heterocycles. The van der Waals surface area contributed by atoms with Crippen LogP contribution in [0, 0.1) is 0 Å². The van der Waals surface area contributed by atoms with Gasteiger partial charge >= 0.3 is 5.97 Å². The van der Waals surface area contributed by atoms with Crippen LogP contribution in [0.15, 0.2) is 29.3 Å². The number of methoxy groups -OCH3 is 2. The number of carbonyl (C=O) groups is 1. The number of hydrogen-bond acceptors (Lipinski definition) is 4. The van der Waals surface area contributed by atoms with Gasteiger partial charge in [-0.05, 0) is 29.8 Å². The van der Waals surface area contributed by atoms with E-state index in [1.807, 2.05) is 24.3 Å². The molecule has 0 amide bonds. The standard InChI is InChI=1S/C12H15NO3/c1-15-11-5-3-10(4-6-11)9-13-8-7-12(14)16-2/h3-6,9H,7-8H2,1-2H3. The zero-order valence-corrected chi connectivity index (χ0v) is 9.47. The lowest BCUT2D eigenvalue weighted by molar-refractivity contribution is -0.140. The van der Waals surface area contributed by atoms with Gasteiger partial charge in [-0.25, -0.2) is 0 Å². The second kappa shape index (κ2) is 6.61. The fourth-order valence-electron chi connectivity index (χ4n) is 1.12. The predicted molar refractivity (Wildman–Crippen MR) is 62.1 cm³/mol. The maximum Gasteiger partial charge on any atom is 0.307 e. The predicted octanol–water partition coefficient (Wildman–Crippen LogP) is 1.68. The van der Waals surface area contributed by atoms with Crippen LogP contribution in [-0.4, -0.2) is 32.9 Å². The van der Waals surface area contributed by atoms with Crippen LogP contribution in [0.25, 0.3) is 0 Å². The molecule has 1 aromatic rings. The van der Waals surface area contributed by atoms with Crippen LogP contribution in [0.4, 0.5) is 0 Å². The zero-order valence-electron chi connectivity index (χ0n) is 9.47. The molecule has 0 aliphatic carbocycles. The number of benzene rings is 1. The monoisotopic (exact) mass is 221 g/mol. The Morgan fingerprint density at radius 2 is 2.00 bits per heavy atom. The summed E-state index contributed by atoms with van der Waals surface area (Å²) in [6, 6.07) is 7.53. The lowest BCUT2D eigenvalue weighted by Crippen LogP contribution is -2.01. The van der Waals surface area contributed by atoms with E-state index in [0.717, 1.165) is 11.3 Å². The minimum Gasteiger partial charge on any atom is -0.497 e. The summed E-state index contributed by atoms with van der Waals surface area (Å²) in [5.41, 5.74) is 0.977. The fraction of sp³-hybridized carbons (Fsp3) is 0.333. The van der Waals surface area contributed by atoms with Crippen LogP contribution in [0.2, 0.25) is 0 Å². The largest absolute Gasteiger partial charge is 0.497 e. The first-order chi connectivity index (χ1) is 7.76. The molecule has 0 N–H and O–H groups in total. The van der Waals surface area contributed by atoms with Gasteiger partial charge in [-0.15, -0.1) is 0 Å². The van der Waals surface area contributed by atoms with E-state index in [4.69, 9.17) is 4.74 Å². The molecular weight excluding hydrogens is 206 g/mol. The van der Waals surface area contributed by atoms with Crippen molar-refractivity contribution in [3.63, 3.8) is 0 Å². The number of aliphatic imine (C=N–C) groups is 1. The number of ether oxygens (including phenoxy) is 2. The summed E-state index contributed by atoms with van der Waals surface area (Å²) in [5, 5.41) is 0. The van der Waals surface area contributed by atoms with Gasteiger partial charge in [0.05, 0.1) is 20.6 Å². The molecule has 0 spiro atoms. The van der Waals surface area contributed by atoms with E-state index in [0.29, 0.717) is 13.0 Å². The summed E-state index contributed by atoms with van der Waals surface area (Å²) < 4.78 is 9.54. The van der Waals surface area contributed by atoms with Crippen LogP contribution >= 0.6 is 0 Å². The molecular formula is C12H15NO3. The minimum absolute atomic E-state index is 0.244. The molecule has 1 rings (SSSR count). The Kier molecular flexibility index (Phi) is 5.05. The third-order valence-corrected chi connectivity index (χ3v) is 2.03. The van der Waals surface area contributed by atoms with E-state index in [-0.39, 0.29) is 5.97 Å². The number of nitrogens with zero attached hydrogens (tertiary/aromatic N) is 1. The Morgan fingerprint density at radius 1 is 1.31 bits per heavy atom. The Balaban J connectivity index is 2.40. The molecule has 16 heavy (non-hydrogen) atoms. The molecule has 0 atom stereocenters. The van der Waals surface area contributed by atoms with E-state index in [1.54, 1.807) is 13.3 Å². The average molecular weight is 221 g/mol. The van der Waals surface area contributed by atoms with Gasteiger partial charge in [0.25, 0.3) is 0 Å². The summed E-state index contributed by atoms with van der Waals surface area (Å²) in [4.78, 5) is 14.9. The van der Waals surface area contributed by atoms with Crippen molar-refractivity contribution in [1.82, 2.24) is 0 Å². The van der Waals surface area contributed by atoms with Crippen LogP contribution in [0.3, 0.4) is 0 Å². The van der Waals surface area contributed by atoms with Crippen LogP contribution in [0.5, 0.6) is 5.75 Å². The maximum atomic E-state index is 10.8. The average Bonchev–Trinajstić information content (AvgIpc) is 2.35. The molecule has 0 fully saturated rings. The molecule has 4 heteroatoms. The van der Waals surface area contributed by atoms with Gasteiger partial charge < -0.3 is 9.47 Å². The molecule has 1 aromatic carbocycles. The molecule has 0 saturated carbocycles. The van der Waals surface area contributed by atoms with Gasteiger partial charge in [0.2, 0.25) is 0 Å². The highest BCUT2D eigenvalue weighted by molar-refractivity contribution is 5.80. The number of hydrogen-bond donors (Lipinski definition) is 0. The van der Waals surface area contributed by atoms with Crippen molar-refractivity contribution in [2.75, 3.05) is 20.8 Å². The van der Waals surface area contributed by atoms with Crippen molar-refractivity contribution in [3.8, 4) is 5.75 Å². The topological polar surface area (TPSA) is 47.9 Å². The van der Waals surface area contributed by atoms with Crippen LogP contribution < -0.4 is 4.74 Å². The Hall–Kier alpha value is -1.84. The summed E-state index contributed by atoms with van der Waals surface area (Å²) >= 11 is 0. The summed E-state index contributed by atoms with van der Waals surface area (Å²) in [7, 11) is 3.00. The van der Waals surface area contributed by atoms with Gasteiger partial charge in [0.15, 0.2) is 0 Å². The zero-order chi connectivity index (χ0) is 11.8. The van der Waals surface area contributed by atoms with Crippen molar-refractivity contribution < 1.29 is 14.3 Å². The number of esters is 1. The number of rotatable bonds is 5. The van der Waals surface area contributed by atoms with E-state index in [9.17, 15) is 4.79 Å². The quantitative estimate of drug-likeness (QED) is 0.561. The smallest absolute Gasteiger partial charge is 0.307 e. The van der Waals surface area contributed by atoms with Crippen LogP contribution in [-0.2, 0) is 9.53 Å². The Labute approximate surface area is 94.9 Å². The van der Waals surface area contributed by atoms with E-state index in [1.165, 1.54) is 7.11 Å². The molecule has 0 unspecified atom stereocenters. The van der Waals surface area contributed by atoms with Crippen molar-refractivity contribution in [2.24, 2.45) is 4.99 Å². The van der Waals surface area contributed by atoms with Gasteiger partial charge in [-0.1, -0.05) is 0 Å². The first kappa shape index (κ1) is 12.2. The molecule has 0 aromatic heterocycles. The van der Waals surface area contributed by atoms with Gasteiger partial charge in [0.1, 0.15) is 5.75 Å². The molecule has 0 aliphatic rings. The van der Waals surface area contributed by atoms with Crippen molar-refractivity contribution in [2.45, 2.75) is 6.42 Å². The molecule has 0 bridgehead atoms. The lowest BCUT2D eigenvalue weighted by Gasteiger charge is -1.98. The summed E-state index contributed by atoms with van der Waals surface area (Å²) in [6.07, 6.45) is 2.03. The van der Waals surface area contributed by atoms with Crippen molar-refractivity contribution >= 4 is 12.2 Å². The van der Waals surface area contributed by atoms with Gasteiger partial charge in [-0.2, -0.15) is 0 Å². The van der Waals surface area contributed by atoms with E-state index in [2.05, 4.69) is 9.73 Å².